The van der Waals surface area contributed by atoms with Gasteiger partial charge >= 0.3 is 6.03 Å². The lowest BCUT2D eigenvalue weighted by molar-refractivity contribution is 0.249. The fourth-order valence-electron chi connectivity index (χ4n) is 0.926. The number of nitrogens with two attached hydrogens (primary N) is 1. The van der Waals surface area contributed by atoms with Crippen molar-refractivity contribution in [2.75, 3.05) is 0 Å². The van der Waals surface area contributed by atoms with Crippen molar-refractivity contribution < 1.29 is 9.18 Å². The number of nitrogens with one attached hydrogen (secondary N) is 1. The van der Waals surface area contributed by atoms with Gasteiger partial charge in [-0.05, 0) is 24.6 Å². The van der Waals surface area contributed by atoms with Gasteiger partial charge in [0.2, 0.25) is 0 Å². The van der Waals surface area contributed by atoms with Gasteiger partial charge in [0.1, 0.15) is 5.82 Å². The van der Waals surface area contributed by atoms with Gasteiger partial charge in [0.05, 0.1) is 6.21 Å². The third kappa shape index (κ3) is 3.21. The van der Waals surface area contributed by atoms with Crippen molar-refractivity contribution in [1.82, 2.24) is 5.43 Å². The van der Waals surface area contributed by atoms with Crippen LogP contribution >= 0.6 is 11.6 Å². The summed E-state index contributed by atoms with van der Waals surface area (Å²) in [6.07, 6.45) is 1.13. The molecular formula is C9H9ClFN3O. The minimum atomic E-state index is -0.815. The normalized spacial score (nSPS) is 10.6. The van der Waals surface area contributed by atoms with Crippen LogP contribution in [0.3, 0.4) is 0 Å². The third-order valence-corrected chi connectivity index (χ3v) is 2.06. The van der Waals surface area contributed by atoms with Crippen molar-refractivity contribution >= 4 is 23.8 Å². The smallest absolute Gasteiger partial charge is 0.332 e. The first-order chi connectivity index (χ1) is 7.00. The van der Waals surface area contributed by atoms with E-state index >= 15 is 0 Å². The molecule has 0 aromatic heterocycles. The Labute approximate surface area is 90.9 Å². The Morgan fingerprint density at radius 3 is 2.93 bits per heavy atom. The Balaban J connectivity index is 2.90. The lowest BCUT2D eigenvalue weighted by Crippen LogP contribution is -2.24. The number of carbonyl (C=O) groups excluding carboxylic acids is 1. The van der Waals surface area contributed by atoms with E-state index in [1.165, 1.54) is 12.1 Å². The van der Waals surface area contributed by atoms with E-state index in [4.69, 9.17) is 17.3 Å². The second-order valence-electron chi connectivity index (χ2n) is 2.86. The Morgan fingerprint density at radius 2 is 2.33 bits per heavy atom. The Morgan fingerprint density at radius 1 is 1.67 bits per heavy atom. The number of benzene rings is 1. The van der Waals surface area contributed by atoms with E-state index in [-0.39, 0.29) is 5.56 Å². The van der Waals surface area contributed by atoms with E-state index < -0.39 is 11.8 Å². The zero-order valence-electron chi connectivity index (χ0n) is 7.92. The molecule has 1 aromatic rings. The monoisotopic (exact) mass is 229 g/mol. The summed E-state index contributed by atoms with van der Waals surface area (Å²) < 4.78 is 13.3. The average Bonchev–Trinajstić information content (AvgIpc) is 2.13. The summed E-state index contributed by atoms with van der Waals surface area (Å²) in [6.45, 7) is 1.69. The van der Waals surface area contributed by atoms with Crippen molar-refractivity contribution in [1.29, 1.82) is 0 Å². The highest BCUT2D eigenvalue weighted by atomic mass is 35.5. The van der Waals surface area contributed by atoms with Crippen LogP contribution < -0.4 is 11.2 Å². The van der Waals surface area contributed by atoms with Crippen LogP contribution in [0.4, 0.5) is 9.18 Å². The summed E-state index contributed by atoms with van der Waals surface area (Å²) in [5.74, 6) is -0.466. The largest absolute Gasteiger partial charge is 0.350 e. The SMILES string of the molecule is Cc1cc(F)c(C=NNC(N)=O)cc1Cl. The Bertz CT molecular complexity index is 420. The molecule has 0 aliphatic carbocycles. The zero-order chi connectivity index (χ0) is 11.4. The van der Waals surface area contributed by atoms with Crippen LogP contribution in [0.15, 0.2) is 17.2 Å². The highest BCUT2D eigenvalue weighted by Crippen LogP contribution is 2.18. The highest BCUT2D eigenvalue weighted by Gasteiger charge is 2.03. The van der Waals surface area contributed by atoms with Crippen molar-refractivity contribution in [3.63, 3.8) is 0 Å². The highest BCUT2D eigenvalue weighted by molar-refractivity contribution is 6.31. The molecule has 0 bridgehead atoms. The maximum Gasteiger partial charge on any atom is 0.332 e. The fraction of sp³-hybridized carbons (Fsp3) is 0.111. The minimum Gasteiger partial charge on any atom is -0.350 e. The summed E-state index contributed by atoms with van der Waals surface area (Å²) in [5.41, 5.74) is 7.53. The topological polar surface area (TPSA) is 67.5 Å². The summed E-state index contributed by atoms with van der Waals surface area (Å²) >= 11 is 5.79. The number of hydrogen-bond donors (Lipinski definition) is 2. The van der Waals surface area contributed by atoms with Gasteiger partial charge < -0.3 is 5.73 Å². The first kappa shape index (κ1) is 11.5. The predicted octanol–water partition coefficient (Wildman–Crippen LogP) is 1.79. The van der Waals surface area contributed by atoms with E-state index in [1.807, 2.05) is 5.43 Å². The number of aryl methyl sites for hydroxylation is 1. The number of nitrogens with zero attached hydrogens (tertiary/aromatic N) is 1. The molecule has 1 rings (SSSR count). The summed E-state index contributed by atoms with van der Waals surface area (Å²) in [5, 5.41) is 3.85. The molecule has 0 heterocycles. The Kier molecular flexibility index (Phi) is 3.62. The van der Waals surface area contributed by atoms with Crippen LogP contribution in [-0.4, -0.2) is 12.2 Å². The summed E-state index contributed by atoms with van der Waals surface area (Å²) in [7, 11) is 0. The van der Waals surface area contributed by atoms with Gasteiger partial charge in [0.15, 0.2) is 0 Å². The van der Waals surface area contributed by atoms with Crippen LogP contribution in [0.5, 0.6) is 0 Å². The number of hydrogen-bond acceptors (Lipinski definition) is 2. The molecule has 15 heavy (non-hydrogen) atoms. The standard InChI is InChI=1S/C9H9ClFN3O/c1-5-2-8(11)6(3-7(5)10)4-13-14-9(12)15/h2-4H,1H3,(H3,12,14,15). The second-order valence-corrected chi connectivity index (χ2v) is 3.26. The van der Waals surface area contributed by atoms with Crippen LogP contribution in [0.2, 0.25) is 5.02 Å². The van der Waals surface area contributed by atoms with Crippen LogP contribution in [0, 0.1) is 12.7 Å². The van der Waals surface area contributed by atoms with Crippen molar-refractivity contribution in [2.45, 2.75) is 6.92 Å². The van der Waals surface area contributed by atoms with Gasteiger partial charge in [0.25, 0.3) is 0 Å². The van der Waals surface area contributed by atoms with Gasteiger partial charge in [-0.25, -0.2) is 14.6 Å². The third-order valence-electron chi connectivity index (χ3n) is 1.66. The summed E-state index contributed by atoms with van der Waals surface area (Å²) in [6, 6.07) is 1.89. The molecule has 6 heteroatoms. The van der Waals surface area contributed by atoms with Gasteiger partial charge in [-0.1, -0.05) is 11.6 Å². The quantitative estimate of drug-likeness (QED) is 0.589. The molecule has 0 unspecified atom stereocenters. The molecule has 1 aromatic carbocycles. The molecular weight excluding hydrogens is 221 g/mol. The molecule has 0 aliphatic heterocycles. The van der Waals surface area contributed by atoms with Gasteiger partial charge in [-0.3, -0.25) is 0 Å². The van der Waals surface area contributed by atoms with E-state index in [0.717, 1.165) is 6.21 Å². The van der Waals surface area contributed by atoms with E-state index in [0.29, 0.717) is 10.6 Å². The number of hydrazone groups is 1. The first-order valence-corrected chi connectivity index (χ1v) is 4.42. The van der Waals surface area contributed by atoms with Crippen LogP contribution in [-0.2, 0) is 0 Å². The molecule has 0 radical (unpaired) electrons. The predicted molar refractivity (Wildman–Crippen MR) is 56.5 cm³/mol. The molecule has 4 nitrogen and oxygen atoms in total. The second kappa shape index (κ2) is 4.75. The van der Waals surface area contributed by atoms with Gasteiger partial charge in [-0.15, -0.1) is 0 Å². The molecule has 0 atom stereocenters. The zero-order valence-corrected chi connectivity index (χ0v) is 8.68. The summed E-state index contributed by atoms with van der Waals surface area (Å²) in [4.78, 5) is 10.3. The maximum atomic E-state index is 13.3. The van der Waals surface area contributed by atoms with E-state index in [9.17, 15) is 9.18 Å². The first-order valence-electron chi connectivity index (χ1n) is 4.05. The molecule has 0 aliphatic rings. The van der Waals surface area contributed by atoms with Gasteiger partial charge in [0, 0.05) is 10.6 Å². The Hall–Kier alpha value is -1.62. The number of amides is 2. The maximum absolute atomic E-state index is 13.3. The van der Waals surface area contributed by atoms with Crippen LogP contribution in [0.1, 0.15) is 11.1 Å². The number of primary amides is 1. The fourth-order valence-corrected chi connectivity index (χ4v) is 1.10. The lowest BCUT2D eigenvalue weighted by atomic mass is 10.1. The van der Waals surface area contributed by atoms with Crippen molar-refractivity contribution in [3.05, 3.63) is 34.1 Å². The number of carbonyl (C=O) groups is 1. The molecule has 3 N–H and O–H groups in total. The minimum absolute atomic E-state index is 0.180. The molecule has 0 saturated carbocycles. The number of urea groups is 1. The van der Waals surface area contributed by atoms with E-state index in [1.54, 1.807) is 6.92 Å². The van der Waals surface area contributed by atoms with Gasteiger partial charge in [-0.2, -0.15) is 5.10 Å². The number of rotatable bonds is 2. The number of halogens is 2. The molecule has 0 fully saturated rings. The lowest BCUT2D eigenvalue weighted by Gasteiger charge is -2.01. The molecule has 0 saturated heterocycles. The van der Waals surface area contributed by atoms with Crippen molar-refractivity contribution in [2.24, 2.45) is 10.8 Å². The molecule has 0 spiro atoms. The average molecular weight is 230 g/mol. The molecule has 80 valence electrons. The van der Waals surface area contributed by atoms with Crippen LogP contribution in [0.25, 0.3) is 0 Å². The van der Waals surface area contributed by atoms with E-state index in [2.05, 4.69) is 5.10 Å². The molecule has 2 amide bonds. The van der Waals surface area contributed by atoms with Crippen molar-refractivity contribution in [3.8, 4) is 0 Å².